The van der Waals surface area contributed by atoms with Gasteiger partial charge in [0.2, 0.25) is 5.91 Å². The van der Waals surface area contributed by atoms with E-state index >= 15 is 0 Å². The highest BCUT2D eigenvalue weighted by Crippen LogP contribution is 2.38. The molecule has 2 fully saturated rings. The van der Waals surface area contributed by atoms with Crippen molar-refractivity contribution in [2.24, 2.45) is 11.7 Å². The van der Waals surface area contributed by atoms with Gasteiger partial charge in [-0.15, -0.1) is 0 Å². The minimum absolute atomic E-state index is 0.172. The second kappa shape index (κ2) is 10.9. The lowest BCUT2D eigenvalue weighted by Crippen LogP contribution is -2.40. The smallest absolute Gasteiger partial charge is 0.266 e. The number of nitrogens with two attached hydrogens (primary N) is 1. The maximum Gasteiger partial charge on any atom is 0.266 e. The molecular weight excluding hydrogens is 540 g/mol. The van der Waals surface area contributed by atoms with Gasteiger partial charge in [0, 0.05) is 36.0 Å². The van der Waals surface area contributed by atoms with Crippen LogP contribution in [0.15, 0.2) is 58.2 Å². The molecule has 7 nitrogen and oxygen atoms in total. The van der Waals surface area contributed by atoms with Crippen LogP contribution >= 0.6 is 35.6 Å². The number of fused-ring (bicyclic) bond motifs is 1. The van der Waals surface area contributed by atoms with Crippen molar-refractivity contribution in [2.75, 3.05) is 18.0 Å². The third kappa shape index (κ3) is 4.86. The van der Waals surface area contributed by atoms with Crippen molar-refractivity contribution in [1.82, 2.24) is 9.47 Å². The fraction of sp³-hybridized carbons (Fsp3) is 0.286. The number of thioether (sulfide) groups is 1. The number of thiocarbonyl (C=S) groups is 1. The van der Waals surface area contributed by atoms with Crippen molar-refractivity contribution in [3.8, 4) is 0 Å². The quantitative estimate of drug-likeness (QED) is 0.341. The Balaban J connectivity index is 1.60. The van der Waals surface area contributed by atoms with Gasteiger partial charge in [0.05, 0.1) is 28.2 Å². The van der Waals surface area contributed by atoms with Gasteiger partial charge in [-0.2, -0.15) is 0 Å². The molecule has 3 heterocycles. The first-order chi connectivity index (χ1) is 18.3. The van der Waals surface area contributed by atoms with Crippen molar-refractivity contribution in [3.05, 3.63) is 79.9 Å². The van der Waals surface area contributed by atoms with Gasteiger partial charge in [-0.05, 0) is 43.5 Å². The maximum atomic E-state index is 13.9. The zero-order valence-electron chi connectivity index (χ0n) is 20.9. The van der Waals surface area contributed by atoms with Crippen molar-refractivity contribution in [1.29, 1.82) is 0 Å². The number of carbonyl (C=O) groups is 2. The summed E-state index contributed by atoms with van der Waals surface area (Å²) in [5.74, 6) is -0.731. The number of benzene rings is 2. The molecule has 2 aliphatic heterocycles. The van der Waals surface area contributed by atoms with E-state index in [1.165, 1.54) is 16.7 Å². The highest BCUT2D eigenvalue weighted by atomic mass is 35.5. The van der Waals surface area contributed by atoms with Crippen LogP contribution in [0.25, 0.3) is 17.0 Å². The molecular formula is C28H27ClN4O3S2. The molecule has 0 saturated carbocycles. The summed E-state index contributed by atoms with van der Waals surface area (Å²) < 4.78 is 2.15. The highest BCUT2D eigenvalue weighted by molar-refractivity contribution is 8.26. The minimum atomic E-state index is -0.293. The van der Waals surface area contributed by atoms with Gasteiger partial charge in [-0.1, -0.05) is 72.0 Å². The number of hydrogen-bond acceptors (Lipinski definition) is 6. The fourth-order valence-corrected chi connectivity index (χ4v) is 6.58. The number of anilines is 1. The molecule has 3 aromatic rings. The third-order valence-corrected chi connectivity index (χ3v) is 8.89. The predicted molar refractivity (Wildman–Crippen MR) is 158 cm³/mol. The van der Waals surface area contributed by atoms with Gasteiger partial charge in [-0.25, -0.2) is 0 Å². The van der Waals surface area contributed by atoms with E-state index in [1.54, 1.807) is 16.7 Å². The number of carbonyl (C=O) groups excluding carboxylic acids is 2. The number of para-hydroxylation sites is 1. The van der Waals surface area contributed by atoms with Crippen LogP contribution in [0.2, 0.25) is 5.02 Å². The largest absolute Gasteiger partial charge is 0.370 e. The van der Waals surface area contributed by atoms with E-state index < -0.39 is 0 Å². The molecule has 38 heavy (non-hydrogen) atoms. The lowest BCUT2D eigenvalue weighted by atomic mass is 9.94. The molecule has 0 bridgehead atoms. The molecule has 1 aromatic heterocycles. The lowest BCUT2D eigenvalue weighted by Gasteiger charge is -2.34. The highest BCUT2D eigenvalue weighted by Gasteiger charge is 2.34. The molecule has 5 rings (SSSR count). The van der Waals surface area contributed by atoms with Gasteiger partial charge in [-0.3, -0.25) is 19.3 Å². The standard InChI is InChI=1S/C28H27ClN4O3S2/c1-2-32-22-10-6-4-8-19(22)24(31-13-11-17(12-14-31)25(30)34)20(26(32)35)15-23-27(36)33(28(37)38-23)16-18-7-3-5-9-21(18)29/h3-10,15,17H,2,11-14,16H2,1H3,(H2,30,34). The number of piperidine rings is 1. The summed E-state index contributed by atoms with van der Waals surface area (Å²) in [5, 5.41) is 1.48. The molecule has 0 spiro atoms. The van der Waals surface area contributed by atoms with Crippen LogP contribution < -0.4 is 16.2 Å². The van der Waals surface area contributed by atoms with Crippen molar-refractivity contribution in [2.45, 2.75) is 32.9 Å². The van der Waals surface area contributed by atoms with E-state index in [9.17, 15) is 14.4 Å². The Kier molecular flexibility index (Phi) is 7.61. The topological polar surface area (TPSA) is 88.6 Å². The van der Waals surface area contributed by atoms with Gasteiger partial charge in [0.15, 0.2) is 0 Å². The number of nitrogens with zero attached hydrogens (tertiary/aromatic N) is 3. The van der Waals surface area contributed by atoms with Crippen LogP contribution in [0, 0.1) is 5.92 Å². The zero-order valence-corrected chi connectivity index (χ0v) is 23.2. The predicted octanol–water partition coefficient (Wildman–Crippen LogP) is 4.78. The average Bonchev–Trinajstić information content (AvgIpc) is 3.18. The molecule has 0 aliphatic carbocycles. The number of pyridine rings is 1. The summed E-state index contributed by atoms with van der Waals surface area (Å²) in [6.07, 6.45) is 2.90. The van der Waals surface area contributed by atoms with E-state index in [1.807, 2.05) is 49.4 Å². The van der Waals surface area contributed by atoms with Crippen LogP contribution in [0.3, 0.4) is 0 Å². The Bertz CT molecular complexity index is 1540. The minimum Gasteiger partial charge on any atom is -0.370 e. The molecule has 2 amide bonds. The zero-order chi connectivity index (χ0) is 27.0. The van der Waals surface area contributed by atoms with Gasteiger partial charge >= 0.3 is 0 Å². The van der Waals surface area contributed by atoms with Crippen LogP contribution in [0.5, 0.6) is 0 Å². The van der Waals surface area contributed by atoms with E-state index in [4.69, 9.17) is 29.6 Å². The number of aromatic nitrogens is 1. The molecule has 2 aliphatic rings. The van der Waals surface area contributed by atoms with Crippen molar-refractivity contribution < 1.29 is 9.59 Å². The van der Waals surface area contributed by atoms with E-state index in [0.29, 0.717) is 52.3 Å². The Hall–Kier alpha value is -3.14. The number of rotatable bonds is 6. The first-order valence-electron chi connectivity index (χ1n) is 12.5. The number of hydrogen-bond donors (Lipinski definition) is 1. The van der Waals surface area contributed by atoms with Crippen molar-refractivity contribution >= 4 is 74.4 Å². The van der Waals surface area contributed by atoms with Crippen LogP contribution in [-0.2, 0) is 22.7 Å². The Morgan fingerprint density at radius 1 is 1.13 bits per heavy atom. The number of amides is 2. The molecule has 2 aromatic carbocycles. The Morgan fingerprint density at radius 3 is 2.50 bits per heavy atom. The molecule has 0 unspecified atom stereocenters. The first-order valence-corrected chi connectivity index (χ1v) is 14.1. The van der Waals surface area contributed by atoms with Gasteiger partial charge in [0.25, 0.3) is 11.5 Å². The molecule has 2 saturated heterocycles. The second-order valence-corrected chi connectivity index (χ2v) is 11.4. The maximum absolute atomic E-state index is 13.9. The van der Waals surface area contributed by atoms with E-state index in [-0.39, 0.29) is 29.8 Å². The Labute approximate surface area is 235 Å². The molecule has 10 heteroatoms. The third-order valence-electron chi connectivity index (χ3n) is 7.15. The molecule has 196 valence electrons. The summed E-state index contributed by atoms with van der Waals surface area (Å²) in [5.41, 5.74) is 8.23. The van der Waals surface area contributed by atoms with Crippen molar-refractivity contribution in [3.63, 3.8) is 0 Å². The number of halogens is 1. The summed E-state index contributed by atoms with van der Waals surface area (Å²) in [6.45, 7) is 3.84. The lowest BCUT2D eigenvalue weighted by molar-refractivity contribution is -0.123. The Morgan fingerprint density at radius 2 is 1.82 bits per heavy atom. The summed E-state index contributed by atoms with van der Waals surface area (Å²) in [4.78, 5) is 43.2. The second-order valence-electron chi connectivity index (χ2n) is 9.35. The number of primary amides is 1. The summed E-state index contributed by atoms with van der Waals surface area (Å²) >= 11 is 13.1. The average molecular weight is 567 g/mol. The normalized spacial score (nSPS) is 17.7. The van der Waals surface area contributed by atoms with Gasteiger partial charge in [0.1, 0.15) is 4.32 Å². The fourth-order valence-electron chi connectivity index (χ4n) is 5.15. The van der Waals surface area contributed by atoms with Gasteiger partial charge < -0.3 is 15.2 Å². The SMILES string of the molecule is CCn1c(=O)c(C=C2SC(=S)N(Cc3ccccc3Cl)C2=O)c(N2CCC(C(N)=O)CC2)c2ccccc21. The summed E-state index contributed by atoms with van der Waals surface area (Å²) in [6, 6.07) is 15.1. The first kappa shape index (κ1) is 26.5. The molecule has 0 atom stereocenters. The van der Waals surface area contributed by atoms with Crippen LogP contribution in [0.4, 0.5) is 5.69 Å². The molecule has 0 radical (unpaired) electrons. The van der Waals surface area contributed by atoms with E-state index in [2.05, 4.69) is 4.90 Å². The van der Waals surface area contributed by atoms with Crippen LogP contribution in [-0.4, -0.2) is 38.7 Å². The van der Waals surface area contributed by atoms with E-state index in [0.717, 1.165) is 22.2 Å². The van der Waals surface area contributed by atoms with Crippen LogP contribution in [0.1, 0.15) is 30.9 Å². The summed E-state index contributed by atoms with van der Waals surface area (Å²) in [7, 11) is 0. The number of aryl methyl sites for hydroxylation is 1. The monoisotopic (exact) mass is 566 g/mol. The molecule has 2 N–H and O–H groups in total.